The number of benzene rings is 1. The molecule has 0 atom stereocenters. The van der Waals surface area contributed by atoms with Crippen molar-refractivity contribution in [3.63, 3.8) is 0 Å². The van der Waals surface area contributed by atoms with Gasteiger partial charge in [0.2, 0.25) is 0 Å². The van der Waals surface area contributed by atoms with Crippen LogP contribution in [-0.2, 0) is 4.74 Å². The Bertz CT molecular complexity index is 258. The number of nitrogen functional groups attached to an aromatic ring is 1. The van der Waals surface area contributed by atoms with Gasteiger partial charge in [-0.1, -0.05) is 6.07 Å². The molecule has 0 spiro atoms. The molecule has 0 aliphatic heterocycles. The highest BCUT2D eigenvalue weighted by Gasteiger charge is 2.05. The van der Waals surface area contributed by atoms with E-state index in [1.807, 2.05) is 6.92 Å². The third-order valence-electron chi connectivity index (χ3n) is 1.49. The number of nitrogens with two attached hydrogens (primary N) is 1. The summed E-state index contributed by atoms with van der Waals surface area (Å²) >= 11 is 0. The second-order valence-electron chi connectivity index (χ2n) is 2.41. The van der Waals surface area contributed by atoms with Crippen molar-refractivity contribution in [3.05, 3.63) is 24.0 Å². The van der Waals surface area contributed by atoms with Crippen molar-refractivity contribution in [2.45, 2.75) is 6.92 Å². The normalized spacial score (nSPS) is 10.0. The predicted octanol–water partition coefficient (Wildman–Crippen LogP) is 1.78. The molecule has 0 heterocycles. The zero-order chi connectivity index (χ0) is 9.68. The second kappa shape index (κ2) is 4.67. The molecule has 0 amide bonds. The number of ether oxygens (including phenoxy) is 2. The standard InChI is InChI=1S/C9H12FNO2/c1-2-12-6-13-9-7(10)4-3-5-8(9)11/h3-5H,2,6,11H2,1H3. The Labute approximate surface area is 76.3 Å². The first-order valence-electron chi connectivity index (χ1n) is 4.00. The van der Waals surface area contributed by atoms with Crippen LogP contribution in [0.15, 0.2) is 18.2 Å². The average Bonchev–Trinajstić information content (AvgIpc) is 2.10. The smallest absolute Gasteiger partial charge is 0.189 e. The van der Waals surface area contributed by atoms with Crippen molar-refractivity contribution < 1.29 is 13.9 Å². The minimum absolute atomic E-state index is 0.0155. The lowest BCUT2D eigenvalue weighted by Crippen LogP contribution is -2.05. The number of hydrogen-bond donors (Lipinski definition) is 1. The molecule has 0 aliphatic rings. The molecule has 4 heteroatoms. The fourth-order valence-electron chi connectivity index (χ4n) is 0.862. The van der Waals surface area contributed by atoms with Crippen LogP contribution in [0.5, 0.6) is 5.75 Å². The zero-order valence-corrected chi connectivity index (χ0v) is 7.42. The van der Waals surface area contributed by atoms with Gasteiger partial charge in [-0.25, -0.2) is 4.39 Å². The van der Waals surface area contributed by atoms with E-state index in [1.54, 1.807) is 6.07 Å². The van der Waals surface area contributed by atoms with E-state index in [4.69, 9.17) is 15.2 Å². The van der Waals surface area contributed by atoms with Crippen LogP contribution in [0.2, 0.25) is 0 Å². The van der Waals surface area contributed by atoms with Crippen LogP contribution < -0.4 is 10.5 Å². The number of anilines is 1. The van der Waals surface area contributed by atoms with Crippen LogP contribution in [0.25, 0.3) is 0 Å². The van der Waals surface area contributed by atoms with Crippen LogP contribution >= 0.6 is 0 Å². The van der Waals surface area contributed by atoms with Gasteiger partial charge in [-0.2, -0.15) is 0 Å². The molecule has 2 N–H and O–H groups in total. The van der Waals surface area contributed by atoms with Crippen LogP contribution in [0, 0.1) is 5.82 Å². The van der Waals surface area contributed by atoms with Gasteiger partial charge in [0.15, 0.2) is 18.4 Å². The summed E-state index contributed by atoms with van der Waals surface area (Å²) in [6.45, 7) is 2.37. The first-order valence-corrected chi connectivity index (χ1v) is 4.00. The van der Waals surface area contributed by atoms with Gasteiger partial charge in [-0.05, 0) is 19.1 Å². The summed E-state index contributed by atoms with van der Waals surface area (Å²) in [5.74, 6) is -0.421. The topological polar surface area (TPSA) is 44.5 Å². The van der Waals surface area contributed by atoms with E-state index in [0.29, 0.717) is 6.61 Å². The van der Waals surface area contributed by atoms with Crippen molar-refractivity contribution >= 4 is 5.69 Å². The lowest BCUT2D eigenvalue weighted by Gasteiger charge is -2.08. The van der Waals surface area contributed by atoms with Gasteiger partial charge in [-0.15, -0.1) is 0 Å². The Balaban J connectivity index is 2.64. The highest BCUT2D eigenvalue weighted by atomic mass is 19.1. The molecule has 0 fully saturated rings. The molecule has 0 aliphatic carbocycles. The molecular formula is C9H12FNO2. The average molecular weight is 185 g/mol. The van der Waals surface area contributed by atoms with Crippen molar-refractivity contribution in [1.29, 1.82) is 0 Å². The van der Waals surface area contributed by atoms with Crippen LogP contribution in [0.3, 0.4) is 0 Å². The minimum Gasteiger partial charge on any atom is -0.462 e. The Morgan fingerprint density at radius 1 is 1.46 bits per heavy atom. The quantitative estimate of drug-likeness (QED) is 0.441. The first-order chi connectivity index (χ1) is 6.25. The van der Waals surface area contributed by atoms with E-state index in [9.17, 15) is 4.39 Å². The van der Waals surface area contributed by atoms with Crippen molar-refractivity contribution in [2.75, 3.05) is 19.1 Å². The molecule has 72 valence electrons. The van der Waals surface area contributed by atoms with Crippen LogP contribution in [0.4, 0.5) is 10.1 Å². The minimum atomic E-state index is -0.472. The Morgan fingerprint density at radius 2 is 2.23 bits per heavy atom. The molecule has 13 heavy (non-hydrogen) atoms. The molecule has 3 nitrogen and oxygen atoms in total. The first kappa shape index (κ1) is 9.80. The van der Waals surface area contributed by atoms with Gasteiger partial charge in [0, 0.05) is 6.61 Å². The molecular weight excluding hydrogens is 173 g/mol. The highest BCUT2D eigenvalue weighted by Crippen LogP contribution is 2.24. The molecule has 0 unspecified atom stereocenters. The second-order valence-corrected chi connectivity index (χ2v) is 2.41. The summed E-state index contributed by atoms with van der Waals surface area (Å²) in [5.41, 5.74) is 5.76. The number of para-hydroxylation sites is 1. The molecule has 0 aromatic heterocycles. The van der Waals surface area contributed by atoms with Gasteiger partial charge in [0.25, 0.3) is 0 Å². The van der Waals surface area contributed by atoms with Crippen molar-refractivity contribution in [2.24, 2.45) is 0 Å². The third-order valence-corrected chi connectivity index (χ3v) is 1.49. The van der Waals surface area contributed by atoms with Crippen molar-refractivity contribution in [3.8, 4) is 5.75 Å². The molecule has 1 aromatic carbocycles. The Kier molecular flexibility index (Phi) is 3.52. The van der Waals surface area contributed by atoms with Gasteiger partial charge in [0.1, 0.15) is 0 Å². The van der Waals surface area contributed by atoms with E-state index < -0.39 is 5.82 Å². The fourth-order valence-corrected chi connectivity index (χ4v) is 0.862. The molecule has 0 bridgehead atoms. The van der Waals surface area contributed by atoms with E-state index in [0.717, 1.165) is 0 Å². The molecule has 0 saturated carbocycles. The van der Waals surface area contributed by atoms with Crippen molar-refractivity contribution in [1.82, 2.24) is 0 Å². The molecule has 0 saturated heterocycles. The lowest BCUT2D eigenvalue weighted by molar-refractivity contribution is 0.0206. The third kappa shape index (κ3) is 2.59. The Morgan fingerprint density at radius 3 is 2.85 bits per heavy atom. The van der Waals surface area contributed by atoms with Gasteiger partial charge < -0.3 is 15.2 Å². The number of halogens is 1. The van der Waals surface area contributed by atoms with E-state index in [1.165, 1.54) is 12.1 Å². The van der Waals surface area contributed by atoms with E-state index in [2.05, 4.69) is 0 Å². The molecule has 0 radical (unpaired) electrons. The van der Waals surface area contributed by atoms with Gasteiger partial charge in [0.05, 0.1) is 5.69 Å². The van der Waals surface area contributed by atoms with Crippen LogP contribution in [-0.4, -0.2) is 13.4 Å². The summed E-state index contributed by atoms with van der Waals surface area (Å²) in [4.78, 5) is 0. The molecule has 1 rings (SSSR count). The van der Waals surface area contributed by atoms with Crippen LogP contribution in [0.1, 0.15) is 6.92 Å². The van der Waals surface area contributed by atoms with E-state index in [-0.39, 0.29) is 18.2 Å². The number of rotatable bonds is 4. The predicted molar refractivity (Wildman–Crippen MR) is 47.9 cm³/mol. The maximum atomic E-state index is 13.0. The van der Waals surface area contributed by atoms with E-state index >= 15 is 0 Å². The maximum absolute atomic E-state index is 13.0. The fraction of sp³-hybridized carbons (Fsp3) is 0.333. The largest absolute Gasteiger partial charge is 0.462 e. The van der Waals surface area contributed by atoms with Gasteiger partial charge in [-0.3, -0.25) is 0 Å². The number of hydrogen-bond acceptors (Lipinski definition) is 3. The maximum Gasteiger partial charge on any atom is 0.189 e. The summed E-state index contributed by atoms with van der Waals surface area (Å²) in [6.07, 6.45) is 0. The summed E-state index contributed by atoms with van der Waals surface area (Å²) < 4.78 is 22.9. The SMILES string of the molecule is CCOCOc1c(N)cccc1F. The van der Waals surface area contributed by atoms with Gasteiger partial charge >= 0.3 is 0 Å². The monoisotopic (exact) mass is 185 g/mol. The Hall–Kier alpha value is -1.29. The summed E-state index contributed by atoms with van der Waals surface area (Å²) in [5, 5.41) is 0. The lowest BCUT2D eigenvalue weighted by atomic mass is 10.3. The zero-order valence-electron chi connectivity index (χ0n) is 7.42. The molecule has 1 aromatic rings. The summed E-state index contributed by atoms with van der Waals surface area (Å²) in [7, 11) is 0. The highest BCUT2D eigenvalue weighted by molar-refractivity contribution is 5.52. The summed E-state index contributed by atoms with van der Waals surface area (Å²) in [6, 6.07) is 4.39.